The van der Waals surface area contributed by atoms with Gasteiger partial charge in [0.2, 0.25) is 5.78 Å². The average molecular weight is 364 g/mol. The lowest BCUT2D eigenvalue weighted by atomic mass is 10.0. The Morgan fingerprint density at radius 3 is 2.27 bits per heavy atom. The zero-order valence-electron chi connectivity index (χ0n) is 11.7. The van der Waals surface area contributed by atoms with Crippen molar-refractivity contribution in [3.63, 3.8) is 0 Å². The van der Waals surface area contributed by atoms with E-state index in [2.05, 4.69) is 15.9 Å². The van der Waals surface area contributed by atoms with Crippen LogP contribution in [0.1, 0.15) is 10.4 Å². The minimum atomic E-state index is -3.60. The lowest BCUT2D eigenvalue weighted by Crippen LogP contribution is -2.21. The van der Waals surface area contributed by atoms with Crippen molar-refractivity contribution in [2.75, 3.05) is 0 Å². The van der Waals surface area contributed by atoms with E-state index in [1.54, 1.807) is 35.9 Å². The standard InChI is InChI=1S/C17H12BrF2NO/c1-21-13-10-6-5-9-12(13)14(16(22)17(18,19)20)15(21)11-7-3-2-4-8-11/h2-10H,1H3. The topological polar surface area (TPSA) is 22.0 Å². The number of alkyl halides is 3. The summed E-state index contributed by atoms with van der Waals surface area (Å²) >= 11 is 2.19. The van der Waals surface area contributed by atoms with E-state index in [-0.39, 0.29) is 5.56 Å². The summed E-state index contributed by atoms with van der Waals surface area (Å²) in [6.45, 7) is 0. The smallest absolute Gasteiger partial charge is 0.343 e. The summed E-state index contributed by atoms with van der Waals surface area (Å²) in [5.41, 5.74) is 1.99. The molecule has 0 bridgehead atoms. The van der Waals surface area contributed by atoms with Crippen LogP contribution in [0, 0.1) is 0 Å². The summed E-state index contributed by atoms with van der Waals surface area (Å²) in [6, 6.07) is 16.1. The van der Waals surface area contributed by atoms with Gasteiger partial charge in [0, 0.05) is 18.0 Å². The van der Waals surface area contributed by atoms with Crippen molar-refractivity contribution < 1.29 is 13.6 Å². The molecular weight excluding hydrogens is 352 g/mol. The molecule has 2 aromatic carbocycles. The van der Waals surface area contributed by atoms with Gasteiger partial charge < -0.3 is 4.57 Å². The van der Waals surface area contributed by atoms with Crippen molar-refractivity contribution in [2.24, 2.45) is 7.05 Å². The fourth-order valence-electron chi connectivity index (χ4n) is 2.70. The molecule has 3 aromatic rings. The van der Waals surface area contributed by atoms with Crippen molar-refractivity contribution in [3.05, 3.63) is 60.2 Å². The van der Waals surface area contributed by atoms with E-state index in [9.17, 15) is 13.6 Å². The quantitative estimate of drug-likeness (QED) is 0.473. The molecule has 0 fully saturated rings. The van der Waals surface area contributed by atoms with Crippen LogP contribution >= 0.6 is 15.9 Å². The molecule has 0 amide bonds. The Morgan fingerprint density at radius 2 is 1.64 bits per heavy atom. The molecule has 112 valence electrons. The van der Waals surface area contributed by atoms with Gasteiger partial charge in [0.1, 0.15) is 0 Å². The summed E-state index contributed by atoms with van der Waals surface area (Å²) in [6.07, 6.45) is 0. The third kappa shape index (κ3) is 2.35. The van der Waals surface area contributed by atoms with Crippen LogP contribution in [0.3, 0.4) is 0 Å². The second kappa shape index (κ2) is 5.32. The number of ketones is 1. The number of nitrogens with zero attached hydrogens (tertiary/aromatic N) is 1. The Hall–Kier alpha value is -2.01. The molecule has 0 saturated carbocycles. The molecule has 3 rings (SSSR count). The van der Waals surface area contributed by atoms with E-state index in [1.165, 1.54) is 0 Å². The minimum Gasteiger partial charge on any atom is -0.343 e. The van der Waals surface area contributed by atoms with Gasteiger partial charge in [-0.25, -0.2) is 0 Å². The molecule has 0 atom stereocenters. The molecule has 1 heterocycles. The van der Waals surface area contributed by atoms with Crippen molar-refractivity contribution >= 4 is 32.6 Å². The molecule has 0 aliphatic carbocycles. The van der Waals surface area contributed by atoms with E-state index >= 15 is 0 Å². The van der Waals surface area contributed by atoms with Gasteiger partial charge in [0.05, 0.1) is 11.3 Å². The molecule has 0 aliphatic heterocycles. The molecule has 22 heavy (non-hydrogen) atoms. The third-order valence-electron chi connectivity index (χ3n) is 3.64. The lowest BCUT2D eigenvalue weighted by Gasteiger charge is -2.10. The molecule has 0 N–H and O–H groups in total. The lowest BCUT2D eigenvalue weighted by molar-refractivity contribution is 0.0595. The summed E-state index contributed by atoms with van der Waals surface area (Å²) < 4.78 is 29.0. The third-order valence-corrected chi connectivity index (χ3v) is 4.00. The average Bonchev–Trinajstić information content (AvgIpc) is 2.80. The molecular formula is C17H12BrF2NO. The van der Waals surface area contributed by atoms with Crippen LogP contribution in [0.15, 0.2) is 54.6 Å². The summed E-state index contributed by atoms with van der Waals surface area (Å²) in [5.74, 6) is -1.23. The highest BCUT2D eigenvalue weighted by Crippen LogP contribution is 2.38. The van der Waals surface area contributed by atoms with Gasteiger partial charge in [0.25, 0.3) is 0 Å². The SMILES string of the molecule is Cn1c(-c2ccccc2)c(C(=O)C(F)(F)Br)c2ccccc21. The van der Waals surface area contributed by atoms with Gasteiger partial charge in [-0.3, -0.25) is 4.79 Å². The maximum atomic E-state index is 13.6. The number of fused-ring (bicyclic) bond motifs is 1. The second-order valence-corrected chi connectivity index (χ2v) is 5.99. The zero-order chi connectivity index (χ0) is 15.9. The fraction of sp³-hybridized carbons (Fsp3) is 0.118. The van der Waals surface area contributed by atoms with Crippen LogP contribution in [-0.2, 0) is 7.05 Å². The normalized spacial score (nSPS) is 11.8. The summed E-state index contributed by atoms with van der Waals surface area (Å²) in [4.78, 5) is 8.68. The highest BCUT2D eigenvalue weighted by molar-refractivity contribution is 9.10. The first-order valence-electron chi connectivity index (χ1n) is 6.65. The molecule has 0 saturated heterocycles. The Balaban J connectivity index is 2.41. The Bertz CT molecular complexity index is 850. The number of halogens is 3. The molecule has 0 radical (unpaired) electrons. The van der Waals surface area contributed by atoms with Crippen LogP contribution in [0.2, 0.25) is 0 Å². The number of rotatable bonds is 3. The van der Waals surface area contributed by atoms with Crippen molar-refractivity contribution in [2.45, 2.75) is 4.83 Å². The number of hydrogen-bond donors (Lipinski definition) is 0. The summed E-state index contributed by atoms with van der Waals surface area (Å²) in [5, 5.41) is 0.521. The molecule has 5 heteroatoms. The molecule has 1 aromatic heterocycles. The monoisotopic (exact) mass is 363 g/mol. The number of carbonyl (C=O) groups excluding carboxylic acids is 1. The van der Waals surface area contributed by atoms with E-state index < -0.39 is 10.6 Å². The first-order chi connectivity index (χ1) is 10.4. The molecule has 0 spiro atoms. The number of Topliss-reactive ketones (excluding diaryl/α,β-unsaturated/α-hetero) is 1. The van der Waals surface area contributed by atoms with Crippen LogP contribution in [0.5, 0.6) is 0 Å². The first-order valence-corrected chi connectivity index (χ1v) is 7.45. The maximum absolute atomic E-state index is 13.6. The number of para-hydroxylation sites is 1. The highest BCUT2D eigenvalue weighted by Gasteiger charge is 2.39. The van der Waals surface area contributed by atoms with Crippen LogP contribution < -0.4 is 0 Å². The maximum Gasteiger partial charge on any atom is 0.363 e. The fourth-order valence-corrected chi connectivity index (χ4v) is 2.90. The zero-order valence-corrected chi connectivity index (χ0v) is 13.3. The van der Waals surface area contributed by atoms with Gasteiger partial charge in [-0.05, 0) is 27.6 Å². The Kier molecular flexibility index (Phi) is 3.60. The van der Waals surface area contributed by atoms with E-state index in [1.807, 2.05) is 30.3 Å². The minimum absolute atomic E-state index is 0.0335. The largest absolute Gasteiger partial charge is 0.363 e. The predicted octanol–water partition coefficient (Wildman–Crippen LogP) is 5.02. The van der Waals surface area contributed by atoms with Crippen LogP contribution in [0.4, 0.5) is 8.78 Å². The second-order valence-electron chi connectivity index (χ2n) is 4.99. The van der Waals surface area contributed by atoms with Gasteiger partial charge in [-0.15, -0.1) is 0 Å². The van der Waals surface area contributed by atoms with Crippen LogP contribution in [-0.4, -0.2) is 15.2 Å². The highest BCUT2D eigenvalue weighted by atomic mass is 79.9. The van der Waals surface area contributed by atoms with Crippen molar-refractivity contribution in [1.29, 1.82) is 0 Å². The Labute approximate surface area is 134 Å². The number of benzene rings is 2. The molecule has 2 nitrogen and oxygen atoms in total. The van der Waals surface area contributed by atoms with E-state index in [4.69, 9.17) is 0 Å². The Morgan fingerprint density at radius 1 is 1.05 bits per heavy atom. The van der Waals surface area contributed by atoms with Gasteiger partial charge in [-0.1, -0.05) is 48.5 Å². The predicted molar refractivity (Wildman–Crippen MR) is 86.6 cm³/mol. The van der Waals surface area contributed by atoms with E-state index in [0.29, 0.717) is 11.1 Å². The number of carbonyl (C=O) groups is 1. The van der Waals surface area contributed by atoms with Crippen molar-refractivity contribution in [3.8, 4) is 11.3 Å². The van der Waals surface area contributed by atoms with E-state index in [0.717, 1.165) is 11.1 Å². The number of hydrogen-bond acceptors (Lipinski definition) is 1. The molecule has 0 aliphatic rings. The van der Waals surface area contributed by atoms with Gasteiger partial charge >= 0.3 is 4.83 Å². The van der Waals surface area contributed by atoms with Crippen molar-refractivity contribution in [1.82, 2.24) is 4.57 Å². The van der Waals surface area contributed by atoms with Crippen LogP contribution in [0.25, 0.3) is 22.2 Å². The van der Waals surface area contributed by atoms with Gasteiger partial charge in [-0.2, -0.15) is 8.78 Å². The first kappa shape index (κ1) is 14.9. The number of aryl methyl sites for hydroxylation is 1. The number of aromatic nitrogens is 1. The molecule has 0 unspecified atom stereocenters. The summed E-state index contributed by atoms with van der Waals surface area (Å²) in [7, 11) is 1.77. The van der Waals surface area contributed by atoms with Gasteiger partial charge in [0.15, 0.2) is 0 Å².